The standard InChI is InChI=1S/C17H23FN2O6/c18-10-8-20(16(23)19-14(10)22)15-13-12(11(9-21)24-15)25-17(26-13)6-4-2-1-3-5-7-17/h8,11-13,15,21H,1-7,9H2,(H,19,22,23)/t11-,12-,13-,15-/m1/s1. The molecule has 3 heterocycles. The predicted molar refractivity (Wildman–Crippen MR) is 87.1 cm³/mol. The Balaban J connectivity index is 1.65. The van der Waals surface area contributed by atoms with Gasteiger partial charge in [-0.05, 0) is 12.8 Å². The van der Waals surface area contributed by atoms with Crippen molar-refractivity contribution in [2.45, 2.75) is 75.3 Å². The maximum Gasteiger partial charge on any atom is 0.330 e. The highest BCUT2D eigenvalue weighted by atomic mass is 19.1. The highest BCUT2D eigenvalue weighted by Crippen LogP contribution is 2.47. The Morgan fingerprint density at radius 3 is 2.50 bits per heavy atom. The summed E-state index contributed by atoms with van der Waals surface area (Å²) in [5, 5.41) is 9.65. The lowest BCUT2D eigenvalue weighted by molar-refractivity contribution is -0.229. The average Bonchev–Trinajstić information content (AvgIpc) is 3.11. The minimum atomic E-state index is -1.09. The molecule has 1 aromatic heterocycles. The molecule has 2 saturated heterocycles. The number of hydrogen-bond donors (Lipinski definition) is 2. The number of halogens is 1. The lowest BCUT2D eigenvalue weighted by atomic mass is 9.96. The number of hydrogen-bond acceptors (Lipinski definition) is 6. The number of nitrogens with one attached hydrogen (secondary N) is 1. The molecule has 0 unspecified atom stereocenters. The number of H-pyrrole nitrogens is 1. The molecule has 144 valence electrons. The van der Waals surface area contributed by atoms with Crippen LogP contribution in [0, 0.1) is 5.82 Å². The van der Waals surface area contributed by atoms with Crippen LogP contribution in [-0.4, -0.2) is 45.4 Å². The van der Waals surface area contributed by atoms with E-state index in [2.05, 4.69) is 0 Å². The van der Waals surface area contributed by atoms with Gasteiger partial charge in [0.15, 0.2) is 12.0 Å². The van der Waals surface area contributed by atoms with Crippen molar-refractivity contribution in [3.05, 3.63) is 32.9 Å². The Bertz CT molecular complexity index is 769. The normalized spacial score (nSPS) is 33.8. The van der Waals surface area contributed by atoms with Crippen LogP contribution in [0.1, 0.15) is 51.2 Å². The molecule has 4 atom stereocenters. The van der Waals surface area contributed by atoms with E-state index in [-0.39, 0.29) is 6.61 Å². The molecule has 1 aromatic rings. The van der Waals surface area contributed by atoms with Gasteiger partial charge in [0, 0.05) is 12.8 Å². The number of aliphatic hydroxyl groups is 1. The molecule has 0 aromatic carbocycles. The zero-order valence-corrected chi connectivity index (χ0v) is 14.4. The molecule has 4 rings (SSSR count). The lowest BCUT2D eigenvalue weighted by Gasteiger charge is -2.32. The Hall–Kier alpha value is -1.55. The van der Waals surface area contributed by atoms with Crippen molar-refractivity contribution in [2.24, 2.45) is 0 Å². The molecule has 2 N–H and O–H groups in total. The molecule has 1 aliphatic carbocycles. The van der Waals surface area contributed by atoms with E-state index in [1.807, 2.05) is 4.98 Å². The van der Waals surface area contributed by atoms with Crippen LogP contribution < -0.4 is 11.2 Å². The van der Waals surface area contributed by atoms with Gasteiger partial charge in [0.2, 0.25) is 5.82 Å². The summed E-state index contributed by atoms with van der Waals surface area (Å²) in [6, 6.07) is 0. The third-order valence-corrected chi connectivity index (χ3v) is 5.48. The van der Waals surface area contributed by atoms with E-state index in [0.717, 1.165) is 49.3 Å². The molecule has 1 saturated carbocycles. The first-order valence-corrected chi connectivity index (χ1v) is 9.16. The maximum atomic E-state index is 13.7. The second-order valence-electron chi connectivity index (χ2n) is 7.23. The molecular formula is C17H23FN2O6. The summed E-state index contributed by atoms with van der Waals surface area (Å²) >= 11 is 0. The van der Waals surface area contributed by atoms with Crippen LogP contribution in [0.4, 0.5) is 4.39 Å². The van der Waals surface area contributed by atoms with Gasteiger partial charge in [-0.2, -0.15) is 4.39 Å². The van der Waals surface area contributed by atoms with Crippen LogP contribution in [0.25, 0.3) is 0 Å². The van der Waals surface area contributed by atoms with Crippen LogP contribution >= 0.6 is 0 Å². The molecule has 2 aliphatic heterocycles. The van der Waals surface area contributed by atoms with Crippen molar-refractivity contribution >= 4 is 0 Å². The summed E-state index contributed by atoms with van der Waals surface area (Å²) in [4.78, 5) is 25.3. The van der Waals surface area contributed by atoms with E-state index in [4.69, 9.17) is 14.2 Å². The van der Waals surface area contributed by atoms with Crippen LogP contribution in [-0.2, 0) is 14.2 Å². The van der Waals surface area contributed by atoms with Gasteiger partial charge < -0.3 is 19.3 Å². The fourth-order valence-corrected chi connectivity index (χ4v) is 4.20. The maximum absolute atomic E-state index is 13.7. The van der Waals surface area contributed by atoms with Crippen molar-refractivity contribution in [2.75, 3.05) is 6.61 Å². The van der Waals surface area contributed by atoms with E-state index in [1.54, 1.807) is 0 Å². The van der Waals surface area contributed by atoms with Crippen molar-refractivity contribution < 1.29 is 23.7 Å². The molecule has 0 bridgehead atoms. The van der Waals surface area contributed by atoms with E-state index in [1.165, 1.54) is 6.42 Å². The molecule has 8 nitrogen and oxygen atoms in total. The second kappa shape index (κ2) is 6.88. The number of fused-ring (bicyclic) bond motifs is 1. The van der Waals surface area contributed by atoms with Gasteiger partial charge in [0.25, 0.3) is 5.56 Å². The molecular weight excluding hydrogens is 347 g/mol. The highest BCUT2D eigenvalue weighted by Gasteiger charge is 2.58. The summed E-state index contributed by atoms with van der Waals surface area (Å²) in [7, 11) is 0. The summed E-state index contributed by atoms with van der Waals surface area (Å²) in [5.74, 6) is -1.84. The third kappa shape index (κ3) is 3.02. The van der Waals surface area contributed by atoms with E-state index < -0.39 is 47.4 Å². The Morgan fingerprint density at radius 1 is 1.15 bits per heavy atom. The SMILES string of the molecule is O=c1[nH]c(=O)n([C@@H]2O[C@H](CO)[C@H]3OC4(CCCCCCC4)O[C@H]32)cc1F. The zero-order chi connectivity index (χ0) is 18.3. The number of ether oxygens (including phenoxy) is 3. The molecule has 3 fully saturated rings. The Kier molecular flexibility index (Phi) is 4.72. The average molecular weight is 370 g/mol. The molecule has 26 heavy (non-hydrogen) atoms. The van der Waals surface area contributed by atoms with Gasteiger partial charge in [-0.3, -0.25) is 14.3 Å². The zero-order valence-electron chi connectivity index (χ0n) is 14.4. The topological polar surface area (TPSA) is 103 Å². The predicted octanol–water partition coefficient (Wildman–Crippen LogP) is 0.790. The molecule has 9 heteroatoms. The van der Waals surface area contributed by atoms with Gasteiger partial charge in [-0.25, -0.2) is 4.79 Å². The molecule has 0 radical (unpaired) electrons. The number of aromatic nitrogens is 2. The highest BCUT2D eigenvalue weighted by molar-refractivity contribution is 5.00. The summed E-state index contributed by atoms with van der Waals surface area (Å²) in [6.45, 7) is -0.308. The first-order chi connectivity index (χ1) is 12.5. The number of nitrogens with zero attached hydrogens (tertiary/aromatic N) is 1. The van der Waals surface area contributed by atoms with E-state index in [9.17, 15) is 19.1 Å². The second-order valence-corrected chi connectivity index (χ2v) is 7.23. The monoisotopic (exact) mass is 370 g/mol. The molecule has 0 amide bonds. The van der Waals surface area contributed by atoms with Crippen LogP contribution in [0.15, 0.2) is 15.8 Å². The smallest absolute Gasteiger partial charge is 0.330 e. The van der Waals surface area contributed by atoms with Crippen molar-refractivity contribution in [1.82, 2.24) is 9.55 Å². The van der Waals surface area contributed by atoms with Crippen molar-refractivity contribution in [1.29, 1.82) is 0 Å². The number of rotatable bonds is 2. The third-order valence-electron chi connectivity index (χ3n) is 5.48. The first kappa shape index (κ1) is 17.8. The van der Waals surface area contributed by atoms with Gasteiger partial charge in [0.1, 0.15) is 18.3 Å². The minimum Gasteiger partial charge on any atom is -0.394 e. The van der Waals surface area contributed by atoms with Crippen LogP contribution in [0.5, 0.6) is 0 Å². The Labute approximate surface area is 148 Å². The number of aromatic amines is 1. The quantitative estimate of drug-likeness (QED) is 0.798. The van der Waals surface area contributed by atoms with Gasteiger partial charge in [-0.15, -0.1) is 0 Å². The summed E-state index contributed by atoms with van der Waals surface area (Å²) in [6.07, 6.45) is 4.78. The lowest BCUT2D eigenvalue weighted by Crippen LogP contribution is -2.39. The first-order valence-electron chi connectivity index (χ1n) is 9.16. The van der Waals surface area contributed by atoms with E-state index in [0.29, 0.717) is 0 Å². The largest absolute Gasteiger partial charge is 0.394 e. The molecule has 3 aliphatic rings. The molecule has 1 spiro atoms. The van der Waals surface area contributed by atoms with Gasteiger partial charge in [-0.1, -0.05) is 19.3 Å². The fourth-order valence-electron chi connectivity index (χ4n) is 4.20. The minimum absolute atomic E-state index is 0.308. The van der Waals surface area contributed by atoms with Gasteiger partial charge in [0.05, 0.1) is 12.8 Å². The Morgan fingerprint density at radius 2 is 1.81 bits per heavy atom. The number of aliphatic hydroxyl groups excluding tert-OH is 1. The summed E-state index contributed by atoms with van der Waals surface area (Å²) in [5.41, 5.74) is -1.87. The van der Waals surface area contributed by atoms with Crippen LogP contribution in [0.2, 0.25) is 0 Å². The van der Waals surface area contributed by atoms with Crippen LogP contribution in [0.3, 0.4) is 0 Å². The van der Waals surface area contributed by atoms with Crippen molar-refractivity contribution in [3.8, 4) is 0 Å². The van der Waals surface area contributed by atoms with Crippen molar-refractivity contribution in [3.63, 3.8) is 0 Å². The summed E-state index contributed by atoms with van der Waals surface area (Å²) < 4.78 is 32.8. The fraction of sp³-hybridized carbons (Fsp3) is 0.765. The van der Waals surface area contributed by atoms with Gasteiger partial charge >= 0.3 is 5.69 Å². The van der Waals surface area contributed by atoms with E-state index >= 15 is 0 Å².